The van der Waals surface area contributed by atoms with E-state index in [2.05, 4.69) is 13.0 Å². The highest BCUT2D eigenvalue weighted by Gasteiger charge is 2.36. The number of hydrogen-bond acceptors (Lipinski definition) is 2. The number of hydrogen-bond donors (Lipinski definition) is 0. The molecule has 2 aromatic carbocycles. The van der Waals surface area contributed by atoms with E-state index in [0.29, 0.717) is 16.9 Å². The summed E-state index contributed by atoms with van der Waals surface area (Å²) >= 11 is 0. The van der Waals surface area contributed by atoms with Gasteiger partial charge in [0.05, 0.1) is 12.7 Å². The van der Waals surface area contributed by atoms with Gasteiger partial charge in [-0.3, -0.25) is 0 Å². The topological polar surface area (TPSA) is 26.3 Å². The number of methoxy groups -OCH3 is 1. The van der Waals surface area contributed by atoms with Gasteiger partial charge in [0, 0.05) is 5.39 Å². The van der Waals surface area contributed by atoms with Crippen LogP contribution < -0.4 is 0 Å². The third kappa shape index (κ3) is 4.34. The van der Waals surface area contributed by atoms with Crippen molar-refractivity contribution in [1.82, 2.24) is 0 Å². The average Bonchev–Trinajstić information content (AvgIpc) is 2.76. The normalized spacial score (nSPS) is 26.9. The monoisotopic (exact) mass is 396 g/mol. The predicted molar refractivity (Wildman–Crippen MR) is 116 cm³/mol. The first-order chi connectivity index (χ1) is 14.1. The summed E-state index contributed by atoms with van der Waals surface area (Å²) in [6, 6.07) is 9.03. The summed E-state index contributed by atoms with van der Waals surface area (Å²) in [6.07, 6.45) is 11.9. The maximum Gasteiger partial charge on any atom is 0.337 e. The molecule has 0 heterocycles. The van der Waals surface area contributed by atoms with Crippen LogP contribution in [0.3, 0.4) is 0 Å². The minimum absolute atomic E-state index is 0.228. The van der Waals surface area contributed by atoms with E-state index in [-0.39, 0.29) is 5.82 Å². The number of ether oxygens (including phenoxy) is 1. The molecule has 2 nitrogen and oxygen atoms in total. The van der Waals surface area contributed by atoms with Gasteiger partial charge in [-0.2, -0.15) is 0 Å². The van der Waals surface area contributed by atoms with Crippen molar-refractivity contribution in [1.29, 1.82) is 0 Å². The molecule has 0 N–H and O–H groups in total. The van der Waals surface area contributed by atoms with E-state index in [0.717, 1.165) is 28.7 Å². The molecule has 4 rings (SSSR count). The molecule has 2 aromatic rings. The lowest BCUT2D eigenvalue weighted by Gasteiger charge is -2.42. The zero-order valence-electron chi connectivity index (χ0n) is 17.8. The fraction of sp³-hybridized carbons (Fsp3) is 0.577. The molecule has 2 aliphatic rings. The first kappa shape index (κ1) is 20.4. The molecule has 2 fully saturated rings. The van der Waals surface area contributed by atoms with Crippen molar-refractivity contribution in [3.8, 4) is 0 Å². The molecule has 4 atom stereocenters. The Morgan fingerprint density at radius 3 is 2.66 bits per heavy atom. The Hall–Kier alpha value is -1.90. The fourth-order valence-corrected chi connectivity index (χ4v) is 5.86. The van der Waals surface area contributed by atoms with Gasteiger partial charge in [-0.05, 0) is 84.9 Å². The van der Waals surface area contributed by atoms with Crippen LogP contribution in [0.25, 0.3) is 10.8 Å². The van der Waals surface area contributed by atoms with Gasteiger partial charge in [-0.1, -0.05) is 44.7 Å². The maximum atomic E-state index is 14.9. The summed E-state index contributed by atoms with van der Waals surface area (Å²) in [4.78, 5) is 11.8. The van der Waals surface area contributed by atoms with Crippen molar-refractivity contribution in [2.45, 2.75) is 70.6 Å². The van der Waals surface area contributed by atoms with Gasteiger partial charge in [0.1, 0.15) is 5.82 Å². The summed E-state index contributed by atoms with van der Waals surface area (Å²) < 4.78 is 19.7. The molecule has 0 radical (unpaired) electrons. The molecule has 29 heavy (non-hydrogen) atoms. The molecule has 0 saturated heterocycles. The van der Waals surface area contributed by atoms with Crippen LogP contribution in [0, 0.1) is 23.6 Å². The Morgan fingerprint density at radius 1 is 1.07 bits per heavy atom. The predicted octanol–water partition coefficient (Wildman–Crippen LogP) is 7.26. The van der Waals surface area contributed by atoms with E-state index in [1.54, 1.807) is 18.2 Å². The Bertz CT molecular complexity index is 874. The van der Waals surface area contributed by atoms with Crippen LogP contribution in [0.15, 0.2) is 30.3 Å². The van der Waals surface area contributed by atoms with E-state index in [9.17, 15) is 9.18 Å². The standard InChI is InChI=1S/C26H33FO2/c1-3-4-5-17-6-7-19-13-20(9-8-18(19)12-17)23-14-21-10-11-22(26(28)29-2)15-24(21)25(27)16-23/h10-11,14-20H,3-9,12-13H2,1-2H3. The highest BCUT2D eigenvalue weighted by Crippen LogP contribution is 2.48. The lowest BCUT2D eigenvalue weighted by molar-refractivity contribution is 0.0601. The first-order valence-electron chi connectivity index (χ1n) is 11.4. The minimum Gasteiger partial charge on any atom is -0.465 e. The fourth-order valence-electron chi connectivity index (χ4n) is 5.86. The lowest BCUT2D eigenvalue weighted by Crippen LogP contribution is -2.30. The second-order valence-corrected chi connectivity index (χ2v) is 9.28. The zero-order chi connectivity index (χ0) is 20.4. The van der Waals surface area contributed by atoms with Crippen molar-refractivity contribution in [3.05, 3.63) is 47.3 Å². The van der Waals surface area contributed by atoms with Gasteiger partial charge < -0.3 is 4.74 Å². The van der Waals surface area contributed by atoms with E-state index in [1.165, 1.54) is 64.9 Å². The van der Waals surface area contributed by atoms with Crippen molar-refractivity contribution >= 4 is 16.7 Å². The Balaban J connectivity index is 1.49. The molecule has 0 bridgehead atoms. The van der Waals surface area contributed by atoms with Crippen LogP contribution in [-0.4, -0.2) is 13.1 Å². The molecule has 0 spiro atoms. The number of rotatable bonds is 5. The van der Waals surface area contributed by atoms with Gasteiger partial charge in [-0.15, -0.1) is 0 Å². The number of fused-ring (bicyclic) bond motifs is 2. The Morgan fingerprint density at radius 2 is 1.86 bits per heavy atom. The largest absolute Gasteiger partial charge is 0.465 e. The average molecular weight is 397 g/mol. The smallest absolute Gasteiger partial charge is 0.337 e. The molecule has 156 valence electrons. The number of halogens is 1. The third-order valence-electron chi connectivity index (χ3n) is 7.51. The summed E-state index contributed by atoms with van der Waals surface area (Å²) in [7, 11) is 1.35. The van der Waals surface area contributed by atoms with Crippen LogP contribution in [0.5, 0.6) is 0 Å². The van der Waals surface area contributed by atoms with Gasteiger partial charge in [0.25, 0.3) is 0 Å². The lowest BCUT2D eigenvalue weighted by atomic mass is 9.63. The van der Waals surface area contributed by atoms with Gasteiger partial charge in [-0.25, -0.2) is 9.18 Å². The summed E-state index contributed by atoms with van der Waals surface area (Å²) in [5, 5.41) is 1.37. The SMILES string of the molecule is CCCCC1CCC2CC(c3cc(F)c4cc(C(=O)OC)ccc4c3)CCC2C1. The van der Waals surface area contributed by atoms with Crippen LogP contribution in [0.2, 0.25) is 0 Å². The minimum atomic E-state index is -0.428. The van der Waals surface area contributed by atoms with Crippen LogP contribution in [-0.2, 0) is 4.74 Å². The molecular weight excluding hydrogens is 363 g/mol. The second-order valence-electron chi connectivity index (χ2n) is 9.28. The number of esters is 1. The third-order valence-corrected chi connectivity index (χ3v) is 7.51. The summed E-state index contributed by atoms with van der Waals surface area (Å²) in [5.41, 5.74) is 1.53. The Kier molecular flexibility index (Phi) is 6.22. The van der Waals surface area contributed by atoms with Crippen LogP contribution in [0.4, 0.5) is 4.39 Å². The van der Waals surface area contributed by atoms with Crippen molar-refractivity contribution < 1.29 is 13.9 Å². The summed E-state index contributed by atoms with van der Waals surface area (Å²) in [6.45, 7) is 2.29. The van der Waals surface area contributed by atoms with Crippen LogP contribution in [0.1, 0.15) is 86.6 Å². The molecule has 0 aliphatic heterocycles. The quantitative estimate of drug-likeness (QED) is 0.497. The molecule has 2 aliphatic carbocycles. The van der Waals surface area contributed by atoms with Crippen molar-refractivity contribution in [2.24, 2.45) is 17.8 Å². The molecule has 0 aromatic heterocycles. The Labute approximate surface area is 173 Å². The van der Waals surface area contributed by atoms with Gasteiger partial charge in [0.2, 0.25) is 0 Å². The molecular formula is C26H33FO2. The van der Waals surface area contributed by atoms with Crippen LogP contribution >= 0.6 is 0 Å². The van der Waals surface area contributed by atoms with Gasteiger partial charge >= 0.3 is 5.97 Å². The molecule has 2 saturated carbocycles. The molecule has 4 unspecified atom stereocenters. The zero-order valence-corrected chi connectivity index (χ0v) is 17.8. The molecule has 0 amide bonds. The highest BCUT2D eigenvalue weighted by molar-refractivity contribution is 5.95. The number of unbranched alkanes of at least 4 members (excludes halogenated alkanes) is 1. The van der Waals surface area contributed by atoms with Crippen molar-refractivity contribution in [3.63, 3.8) is 0 Å². The molecule has 3 heteroatoms. The first-order valence-corrected chi connectivity index (χ1v) is 11.4. The number of carbonyl (C=O) groups is 1. The number of benzene rings is 2. The van der Waals surface area contributed by atoms with E-state index >= 15 is 0 Å². The second kappa shape index (κ2) is 8.85. The van der Waals surface area contributed by atoms with Gasteiger partial charge in [0.15, 0.2) is 0 Å². The van der Waals surface area contributed by atoms with E-state index in [4.69, 9.17) is 4.74 Å². The van der Waals surface area contributed by atoms with E-state index in [1.807, 2.05) is 6.07 Å². The summed E-state index contributed by atoms with van der Waals surface area (Å²) in [5.74, 6) is 2.44. The highest BCUT2D eigenvalue weighted by atomic mass is 19.1. The number of carbonyl (C=O) groups excluding carboxylic acids is 1. The maximum absolute atomic E-state index is 14.9. The van der Waals surface area contributed by atoms with E-state index < -0.39 is 5.97 Å². The van der Waals surface area contributed by atoms with Crippen molar-refractivity contribution in [2.75, 3.05) is 7.11 Å².